The highest BCUT2D eigenvalue weighted by atomic mass is 19.4. The minimum Gasteiger partial charge on any atom is -0.421 e. The minimum atomic E-state index is -4.77. The quantitative estimate of drug-likeness (QED) is 0.0536. The number of halogens is 4. The zero-order valence-corrected chi connectivity index (χ0v) is 27.0. The Labute approximate surface area is 263 Å². The molecule has 44 heavy (non-hydrogen) atoms. The molecule has 1 unspecified atom stereocenters. The van der Waals surface area contributed by atoms with Gasteiger partial charge in [0, 0.05) is 5.56 Å². The van der Waals surface area contributed by atoms with Gasteiger partial charge in [0.25, 0.3) is 0 Å². The summed E-state index contributed by atoms with van der Waals surface area (Å²) in [5.74, 6) is -3.94. The van der Waals surface area contributed by atoms with Crippen molar-refractivity contribution in [3.8, 4) is 11.1 Å². The van der Waals surface area contributed by atoms with Crippen LogP contribution < -0.4 is 0 Å². The summed E-state index contributed by atoms with van der Waals surface area (Å²) >= 11 is 0. The zero-order valence-electron chi connectivity index (χ0n) is 27.0. The highest BCUT2D eigenvalue weighted by Gasteiger charge is 2.38. The first kappa shape index (κ1) is 37.6. The molecule has 2 aromatic carbocycles. The molecule has 2 rings (SSSR count). The van der Waals surface area contributed by atoms with Gasteiger partial charge in [-0.05, 0) is 43.0 Å². The molecule has 0 N–H and O–H groups in total. The number of ether oxygens (including phenoxy) is 1. The maximum absolute atomic E-state index is 14.7. The van der Waals surface area contributed by atoms with E-state index in [9.17, 15) is 22.4 Å². The molecule has 1 atom stereocenters. The van der Waals surface area contributed by atoms with E-state index in [0.717, 1.165) is 25.3 Å². The topological polar surface area (TPSA) is 26.3 Å². The van der Waals surface area contributed by atoms with E-state index in [4.69, 9.17) is 4.74 Å². The highest BCUT2D eigenvalue weighted by molar-refractivity contribution is 5.79. The number of carbonyl (C=O) groups excluding carboxylic acids is 1. The first-order valence-corrected chi connectivity index (χ1v) is 17.1. The van der Waals surface area contributed by atoms with Crippen LogP contribution in [0.3, 0.4) is 0 Å². The van der Waals surface area contributed by atoms with Crippen LogP contribution in [0.1, 0.15) is 147 Å². The van der Waals surface area contributed by atoms with Crippen molar-refractivity contribution in [1.82, 2.24) is 0 Å². The van der Waals surface area contributed by atoms with E-state index in [1.807, 2.05) is 6.07 Å². The van der Waals surface area contributed by atoms with Crippen LogP contribution in [0.15, 0.2) is 60.4 Å². The van der Waals surface area contributed by atoms with Crippen molar-refractivity contribution in [2.45, 2.75) is 148 Å². The van der Waals surface area contributed by atoms with Crippen molar-refractivity contribution in [2.75, 3.05) is 0 Å². The van der Waals surface area contributed by atoms with Crippen molar-refractivity contribution in [2.24, 2.45) is 0 Å². The first-order chi connectivity index (χ1) is 21.2. The number of unbranched alkanes of at least 4 members (excludes halogenated alkanes) is 18. The van der Waals surface area contributed by atoms with Crippen molar-refractivity contribution >= 4 is 5.97 Å². The van der Waals surface area contributed by atoms with Crippen molar-refractivity contribution in [3.63, 3.8) is 0 Å². The zero-order chi connectivity index (χ0) is 32.0. The summed E-state index contributed by atoms with van der Waals surface area (Å²) in [7, 11) is 0. The number of hydrogen-bond acceptors (Lipinski definition) is 2. The van der Waals surface area contributed by atoms with Gasteiger partial charge in [0.2, 0.25) is 5.76 Å². The summed E-state index contributed by atoms with van der Waals surface area (Å²) in [6.45, 7) is 3.68. The van der Waals surface area contributed by atoms with E-state index in [-0.39, 0.29) is 12.0 Å². The molecule has 246 valence electrons. The molecule has 6 heteroatoms. The Morgan fingerprint density at radius 2 is 1.20 bits per heavy atom. The fourth-order valence-corrected chi connectivity index (χ4v) is 5.48. The molecular weight excluding hydrogens is 564 g/mol. The number of carbonyl (C=O) groups is 1. The molecule has 0 aliphatic carbocycles. The van der Waals surface area contributed by atoms with Gasteiger partial charge in [0.1, 0.15) is 5.82 Å². The number of esters is 1. The van der Waals surface area contributed by atoms with Gasteiger partial charge < -0.3 is 4.74 Å². The summed E-state index contributed by atoms with van der Waals surface area (Å²) in [5, 5.41) is 0. The summed E-state index contributed by atoms with van der Waals surface area (Å²) < 4.78 is 60.3. The Hall–Kier alpha value is -2.63. The van der Waals surface area contributed by atoms with Gasteiger partial charge in [-0.1, -0.05) is 159 Å². The second-order valence-electron chi connectivity index (χ2n) is 12.1. The summed E-state index contributed by atoms with van der Waals surface area (Å²) in [6.07, 6.45) is 18.5. The molecule has 2 aromatic rings. The van der Waals surface area contributed by atoms with Crippen molar-refractivity contribution in [3.05, 3.63) is 71.7 Å². The normalized spacial score (nSPS) is 12.8. The first-order valence-electron chi connectivity index (χ1n) is 17.1. The molecule has 0 saturated carbocycles. The Balaban J connectivity index is 1.60. The third-order valence-electron chi connectivity index (χ3n) is 8.31. The molecule has 0 radical (unpaired) electrons. The van der Waals surface area contributed by atoms with Gasteiger partial charge in [-0.3, -0.25) is 4.79 Å². The lowest BCUT2D eigenvalue weighted by molar-refractivity contribution is -0.161. The van der Waals surface area contributed by atoms with Crippen LogP contribution in [-0.2, 0) is 9.53 Å². The monoisotopic (exact) mass is 618 g/mol. The fourth-order valence-electron chi connectivity index (χ4n) is 5.48. The van der Waals surface area contributed by atoms with E-state index >= 15 is 0 Å². The Morgan fingerprint density at radius 1 is 0.727 bits per heavy atom. The predicted molar refractivity (Wildman–Crippen MR) is 174 cm³/mol. The van der Waals surface area contributed by atoms with Gasteiger partial charge in [0.15, 0.2) is 0 Å². The largest absolute Gasteiger partial charge is 0.449 e. The third kappa shape index (κ3) is 15.4. The molecule has 0 aliphatic rings. The maximum Gasteiger partial charge on any atom is 0.449 e. The summed E-state index contributed by atoms with van der Waals surface area (Å²) in [5.41, 5.74) is 1.29. The van der Waals surface area contributed by atoms with E-state index in [1.165, 1.54) is 109 Å². The van der Waals surface area contributed by atoms with E-state index in [0.29, 0.717) is 17.5 Å². The van der Waals surface area contributed by atoms with Crippen LogP contribution in [0, 0.1) is 5.82 Å². The predicted octanol–water partition coefficient (Wildman–Crippen LogP) is 13.0. The molecule has 0 aromatic heterocycles. The second-order valence-corrected chi connectivity index (χ2v) is 12.1. The van der Waals surface area contributed by atoms with Gasteiger partial charge >= 0.3 is 12.1 Å². The van der Waals surface area contributed by atoms with Crippen LogP contribution >= 0.6 is 0 Å². The van der Waals surface area contributed by atoms with Gasteiger partial charge in [-0.2, -0.15) is 13.2 Å². The van der Waals surface area contributed by atoms with Crippen LogP contribution in [0.25, 0.3) is 11.1 Å². The average molecular weight is 619 g/mol. The molecular formula is C38H54F4O2. The highest BCUT2D eigenvalue weighted by Crippen LogP contribution is 2.31. The van der Waals surface area contributed by atoms with Crippen LogP contribution in [0.4, 0.5) is 17.6 Å². The Bertz CT molecular complexity index is 1080. The van der Waals surface area contributed by atoms with Gasteiger partial charge in [-0.25, -0.2) is 4.39 Å². The van der Waals surface area contributed by atoms with E-state index < -0.39 is 29.6 Å². The average Bonchev–Trinajstić information content (AvgIpc) is 3.01. The standard InChI is InChI=1S/C38H54F4O2/c1-3-4-5-6-7-8-9-10-11-12-13-14-15-16-17-18-19-20-24-27-36(38(40,41)42)44-37(43)31(2)33-28-29-34(35(39)30-33)32-25-22-21-23-26-32/h21-23,25-31H,3-20,24H2,1-2H3/b36-27+. The van der Waals surface area contributed by atoms with Gasteiger partial charge in [-0.15, -0.1) is 0 Å². The molecule has 2 nitrogen and oxygen atoms in total. The smallest absolute Gasteiger partial charge is 0.421 e. The lowest BCUT2D eigenvalue weighted by Crippen LogP contribution is -2.21. The Kier molecular flexibility index (Phi) is 18.8. The molecule has 0 spiro atoms. The van der Waals surface area contributed by atoms with Crippen LogP contribution in [0.2, 0.25) is 0 Å². The fraction of sp³-hybridized carbons (Fsp3) is 0.605. The maximum atomic E-state index is 14.7. The molecule has 0 saturated heterocycles. The summed E-state index contributed by atoms with van der Waals surface area (Å²) in [4.78, 5) is 12.6. The lowest BCUT2D eigenvalue weighted by Gasteiger charge is -2.16. The number of allylic oxidation sites excluding steroid dienone is 2. The molecule has 0 heterocycles. The number of alkyl halides is 3. The van der Waals surface area contributed by atoms with E-state index in [2.05, 4.69) is 6.92 Å². The van der Waals surface area contributed by atoms with Crippen molar-refractivity contribution in [1.29, 1.82) is 0 Å². The van der Waals surface area contributed by atoms with Gasteiger partial charge in [0.05, 0.1) is 5.92 Å². The number of hydrogen-bond donors (Lipinski definition) is 0. The second kappa shape index (κ2) is 22.0. The molecule has 0 aliphatic heterocycles. The van der Waals surface area contributed by atoms with Crippen LogP contribution in [0.5, 0.6) is 0 Å². The van der Waals surface area contributed by atoms with E-state index in [1.54, 1.807) is 30.3 Å². The Morgan fingerprint density at radius 3 is 1.66 bits per heavy atom. The number of benzene rings is 2. The minimum absolute atomic E-state index is 0.190. The van der Waals surface area contributed by atoms with Crippen LogP contribution in [-0.4, -0.2) is 12.1 Å². The summed E-state index contributed by atoms with van der Waals surface area (Å²) in [6, 6.07) is 13.2. The third-order valence-corrected chi connectivity index (χ3v) is 8.31. The lowest BCUT2D eigenvalue weighted by atomic mass is 9.97. The molecule has 0 amide bonds. The van der Waals surface area contributed by atoms with Crippen molar-refractivity contribution < 1.29 is 27.1 Å². The SMILES string of the molecule is CCCCCCCCCCCCCCCCCCCC/C=C(/OC(=O)C(C)c1ccc(-c2ccccc2)c(F)c1)C(F)(F)F. The molecule has 0 fully saturated rings. The molecule has 0 bridgehead atoms. The number of rotatable bonds is 23.